The molecule has 0 unspecified atom stereocenters. The average Bonchev–Trinajstić information content (AvgIpc) is 2.89. The normalized spacial score (nSPS) is 10.7. The molecule has 0 aliphatic carbocycles. The molecule has 6 nitrogen and oxygen atoms in total. The standard InChI is InChI=1S/C15H13N3O3/c1-18-9-16-6-10(18)8-21-13-7-17-12-5-3-2-4-11(12)14(13)15(19)20/h2-7,9H,8H2,1H3,(H,19,20). The van der Waals surface area contributed by atoms with Crippen LogP contribution < -0.4 is 4.74 Å². The fraction of sp³-hybridized carbons (Fsp3) is 0.133. The Morgan fingerprint density at radius 2 is 2.14 bits per heavy atom. The lowest BCUT2D eigenvalue weighted by Gasteiger charge is -2.11. The van der Waals surface area contributed by atoms with E-state index < -0.39 is 5.97 Å². The second-order valence-electron chi connectivity index (χ2n) is 4.60. The lowest BCUT2D eigenvalue weighted by atomic mass is 10.1. The number of pyridine rings is 1. The quantitative estimate of drug-likeness (QED) is 0.794. The molecule has 6 heteroatoms. The molecule has 1 N–H and O–H groups in total. The number of benzene rings is 1. The number of imidazole rings is 1. The first kappa shape index (κ1) is 13.1. The molecule has 3 aromatic rings. The fourth-order valence-corrected chi connectivity index (χ4v) is 2.13. The van der Waals surface area contributed by atoms with E-state index in [4.69, 9.17) is 4.74 Å². The monoisotopic (exact) mass is 283 g/mol. The van der Waals surface area contributed by atoms with Crippen LogP contribution in [-0.4, -0.2) is 25.6 Å². The number of rotatable bonds is 4. The van der Waals surface area contributed by atoms with Crippen LogP contribution >= 0.6 is 0 Å². The summed E-state index contributed by atoms with van der Waals surface area (Å²) in [7, 11) is 1.85. The number of carbonyl (C=O) groups is 1. The SMILES string of the molecule is Cn1cncc1COc1cnc2ccccc2c1C(=O)O. The topological polar surface area (TPSA) is 77.2 Å². The van der Waals surface area contributed by atoms with Crippen molar-refractivity contribution in [2.45, 2.75) is 6.61 Å². The largest absolute Gasteiger partial charge is 0.485 e. The van der Waals surface area contributed by atoms with Gasteiger partial charge in [0, 0.05) is 12.4 Å². The third-order valence-electron chi connectivity index (χ3n) is 3.25. The van der Waals surface area contributed by atoms with E-state index in [0.717, 1.165) is 5.69 Å². The summed E-state index contributed by atoms with van der Waals surface area (Å²) in [5, 5.41) is 10.0. The molecule has 3 rings (SSSR count). The Hall–Kier alpha value is -2.89. The molecule has 2 heterocycles. The van der Waals surface area contributed by atoms with E-state index in [0.29, 0.717) is 10.9 Å². The summed E-state index contributed by atoms with van der Waals surface area (Å²) < 4.78 is 7.44. The van der Waals surface area contributed by atoms with E-state index in [-0.39, 0.29) is 17.9 Å². The summed E-state index contributed by atoms with van der Waals surface area (Å²) in [6.07, 6.45) is 4.78. The minimum atomic E-state index is -1.03. The van der Waals surface area contributed by atoms with Crippen LogP contribution in [0.15, 0.2) is 43.0 Å². The van der Waals surface area contributed by atoms with E-state index in [1.165, 1.54) is 6.20 Å². The maximum absolute atomic E-state index is 11.5. The van der Waals surface area contributed by atoms with Gasteiger partial charge in [0.25, 0.3) is 0 Å². The van der Waals surface area contributed by atoms with Crippen LogP contribution in [-0.2, 0) is 13.7 Å². The van der Waals surface area contributed by atoms with Crippen molar-refractivity contribution < 1.29 is 14.6 Å². The molecular formula is C15H13N3O3. The molecule has 0 aliphatic rings. The smallest absolute Gasteiger partial charge is 0.340 e. The van der Waals surface area contributed by atoms with Crippen molar-refractivity contribution in [3.05, 3.63) is 54.2 Å². The number of hydrogen-bond donors (Lipinski definition) is 1. The molecule has 0 saturated heterocycles. The van der Waals surface area contributed by atoms with Crippen LogP contribution in [0.2, 0.25) is 0 Å². The van der Waals surface area contributed by atoms with Crippen LogP contribution in [0.5, 0.6) is 5.75 Å². The lowest BCUT2D eigenvalue weighted by Crippen LogP contribution is -2.07. The maximum Gasteiger partial charge on any atom is 0.340 e. The first-order chi connectivity index (χ1) is 10.2. The Balaban J connectivity index is 2.00. The molecule has 106 valence electrons. The fourth-order valence-electron chi connectivity index (χ4n) is 2.13. The zero-order valence-electron chi connectivity index (χ0n) is 11.4. The first-order valence-corrected chi connectivity index (χ1v) is 6.36. The summed E-state index contributed by atoms with van der Waals surface area (Å²) in [5.74, 6) is -0.781. The van der Waals surface area contributed by atoms with E-state index in [2.05, 4.69) is 9.97 Å². The van der Waals surface area contributed by atoms with Crippen molar-refractivity contribution in [2.75, 3.05) is 0 Å². The van der Waals surface area contributed by atoms with Gasteiger partial charge in [0.2, 0.25) is 0 Å². The van der Waals surface area contributed by atoms with Crippen LogP contribution in [0.4, 0.5) is 0 Å². The van der Waals surface area contributed by atoms with Crippen molar-refractivity contribution in [1.29, 1.82) is 0 Å². The van der Waals surface area contributed by atoms with Crippen LogP contribution in [0.1, 0.15) is 16.1 Å². The molecule has 1 aromatic carbocycles. The minimum absolute atomic E-state index is 0.128. The van der Waals surface area contributed by atoms with E-state index in [1.807, 2.05) is 17.7 Å². The summed E-state index contributed by atoms with van der Waals surface area (Å²) >= 11 is 0. The Kier molecular flexibility index (Phi) is 3.27. The third-order valence-corrected chi connectivity index (χ3v) is 3.25. The van der Waals surface area contributed by atoms with Gasteiger partial charge in [-0.2, -0.15) is 0 Å². The molecule has 0 radical (unpaired) electrons. The number of fused-ring (bicyclic) bond motifs is 1. The number of aryl methyl sites for hydroxylation is 1. The van der Waals surface area contributed by atoms with Crippen LogP contribution in [0.3, 0.4) is 0 Å². The summed E-state index contributed by atoms with van der Waals surface area (Å²) in [4.78, 5) is 19.8. The zero-order chi connectivity index (χ0) is 14.8. The van der Waals surface area contributed by atoms with Gasteiger partial charge in [-0.25, -0.2) is 9.78 Å². The number of aromatic nitrogens is 3. The van der Waals surface area contributed by atoms with E-state index in [1.54, 1.807) is 30.7 Å². The Morgan fingerprint density at radius 1 is 1.33 bits per heavy atom. The molecular weight excluding hydrogens is 270 g/mol. The number of aromatic carboxylic acids is 1. The number of carboxylic acids is 1. The second-order valence-corrected chi connectivity index (χ2v) is 4.60. The highest BCUT2D eigenvalue weighted by Gasteiger charge is 2.17. The molecule has 0 bridgehead atoms. The van der Waals surface area contributed by atoms with Gasteiger partial charge in [0.15, 0.2) is 5.75 Å². The number of nitrogens with zero attached hydrogens (tertiary/aromatic N) is 3. The molecule has 0 aliphatic heterocycles. The second kappa shape index (κ2) is 5.24. The summed E-state index contributed by atoms with van der Waals surface area (Å²) in [5.41, 5.74) is 1.60. The highest BCUT2D eigenvalue weighted by molar-refractivity contribution is 6.04. The highest BCUT2D eigenvalue weighted by Crippen LogP contribution is 2.26. The van der Waals surface area contributed by atoms with Crippen molar-refractivity contribution >= 4 is 16.9 Å². The number of carboxylic acid groups (broad SMARTS) is 1. The van der Waals surface area contributed by atoms with Gasteiger partial charge in [-0.1, -0.05) is 18.2 Å². The van der Waals surface area contributed by atoms with Gasteiger partial charge in [0.05, 0.1) is 29.9 Å². The number of ether oxygens (including phenoxy) is 1. The molecule has 0 atom stereocenters. The number of para-hydroxylation sites is 1. The van der Waals surface area contributed by atoms with Gasteiger partial charge in [0.1, 0.15) is 12.2 Å². The minimum Gasteiger partial charge on any atom is -0.485 e. The maximum atomic E-state index is 11.5. The predicted octanol–water partition coefficient (Wildman–Crippen LogP) is 2.25. The summed E-state index contributed by atoms with van der Waals surface area (Å²) in [6.45, 7) is 0.233. The molecule has 21 heavy (non-hydrogen) atoms. The Labute approximate surface area is 120 Å². The number of hydrogen-bond acceptors (Lipinski definition) is 4. The van der Waals surface area contributed by atoms with Crippen LogP contribution in [0, 0.1) is 0 Å². The van der Waals surface area contributed by atoms with Gasteiger partial charge in [-0.15, -0.1) is 0 Å². The van der Waals surface area contributed by atoms with E-state index in [9.17, 15) is 9.90 Å². The average molecular weight is 283 g/mol. The third kappa shape index (κ3) is 2.43. The van der Waals surface area contributed by atoms with Crippen molar-refractivity contribution in [1.82, 2.24) is 14.5 Å². The zero-order valence-corrected chi connectivity index (χ0v) is 11.4. The molecule has 0 spiro atoms. The van der Waals surface area contributed by atoms with Crippen molar-refractivity contribution in [3.8, 4) is 5.75 Å². The Bertz CT molecular complexity index is 811. The van der Waals surface area contributed by atoms with Gasteiger partial charge in [-0.05, 0) is 6.07 Å². The van der Waals surface area contributed by atoms with Gasteiger partial charge in [-0.3, -0.25) is 4.98 Å². The molecule has 0 amide bonds. The van der Waals surface area contributed by atoms with Gasteiger partial charge < -0.3 is 14.4 Å². The molecule has 0 saturated carbocycles. The first-order valence-electron chi connectivity index (χ1n) is 6.36. The van der Waals surface area contributed by atoms with Gasteiger partial charge >= 0.3 is 5.97 Å². The molecule has 2 aromatic heterocycles. The Morgan fingerprint density at radius 3 is 2.86 bits per heavy atom. The van der Waals surface area contributed by atoms with Crippen LogP contribution in [0.25, 0.3) is 10.9 Å². The van der Waals surface area contributed by atoms with Crippen molar-refractivity contribution in [2.24, 2.45) is 7.05 Å². The molecule has 0 fully saturated rings. The summed E-state index contributed by atoms with van der Waals surface area (Å²) in [6, 6.07) is 7.09. The lowest BCUT2D eigenvalue weighted by molar-refractivity contribution is 0.0694. The predicted molar refractivity (Wildman–Crippen MR) is 76.2 cm³/mol. The van der Waals surface area contributed by atoms with E-state index >= 15 is 0 Å². The highest BCUT2D eigenvalue weighted by atomic mass is 16.5. The van der Waals surface area contributed by atoms with Crippen molar-refractivity contribution in [3.63, 3.8) is 0 Å².